The van der Waals surface area contributed by atoms with E-state index in [4.69, 9.17) is 16.0 Å². The number of carbonyl (C=O) groups excluding carboxylic acids is 1. The Hall–Kier alpha value is -2.96. The molecule has 1 aliphatic rings. The van der Waals surface area contributed by atoms with Crippen molar-refractivity contribution in [3.8, 4) is 0 Å². The van der Waals surface area contributed by atoms with Gasteiger partial charge in [-0.05, 0) is 30.7 Å². The molecule has 2 aromatic heterocycles. The number of hydrogen-bond acceptors (Lipinski definition) is 5. The summed E-state index contributed by atoms with van der Waals surface area (Å²) in [5.41, 5.74) is 2.31. The number of aryl methyl sites for hydroxylation is 1. The Bertz CT molecular complexity index is 1280. The molecule has 1 aliphatic heterocycles. The summed E-state index contributed by atoms with van der Waals surface area (Å²) < 4.78 is 5.88. The fraction of sp³-hybridized carbons (Fsp3) is 0.0952. The summed E-state index contributed by atoms with van der Waals surface area (Å²) in [4.78, 5) is 32.4. The number of amides is 1. The van der Waals surface area contributed by atoms with Crippen LogP contribution in [0.3, 0.4) is 0 Å². The molecule has 5 rings (SSSR count). The smallest absolute Gasteiger partial charge is 0.297 e. The molecule has 4 aromatic rings. The van der Waals surface area contributed by atoms with Crippen LogP contribution in [-0.2, 0) is 0 Å². The van der Waals surface area contributed by atoms with E-state index in [-0.39, 0.29) is 17.1 Å². The molecule has 0 bridgehead atoms. The summed E-state index contributed by atoms with van der Waals surface area (Å²) in [6, 6.07) is 12.0. The van der Waals surface area contributed by atoms with Crippen molar-refractivity contribution in [2.24, 2.45) is 0 Å². The molecule has 0 fully saturated rings. The molecule has 0 aliphatic carbocycles. The first-order valence-electron chi connectivity index (χ1n) is 8.60. The summed E-state index contributed by atoms with van der Waals surface area (Å²) in [7, 11) is 0. The van der Waals surface area contributed by atoms with Gasteiger partial charge in [0, 0.05) is 16.6 Å². The van der Waals surface area contributed by atoms with Crippen LogP contribution in [0.25, 0.3) is 11.0 Å². The van der Waals surface area contributed by atoms with Crippen molar-refractivity contribution < 1.29 is 9.21 Å². The van der Waals surface area contributed by atoms with Gasteiger partial charge in [-0.2, -0.15) is 0 Å². The van der Waals surface area contributed by atoms with Crippen LogP contribution in [0.1, 0.15) is 33.3 Å². The minimum atomic E-state index is -0.603. The minimum Gasteiger partial charge on any atom is -0.450 e. The Morgan fingerprint density at radius 2 is 1.93 bits per heavy atom. The normalized spacial score (nSPS) is 16.0. The minimum absolute atomic E-state index is 0.0561. The first kappa shape index (κ1) is 17.2. The highest BCUT2D eigenvalue weighted by molar-refractivity contribution is 7.13. The molecule has 0 radical (unpaired) electrons. The number of halogens is 1. The van der Waals surface area contributed by atoms with Crippen LogP contribution in [-0.4, -0.2) is 10.9 Å². The summed E-state index contributed by atoms with van der Waals surface area (Å²) in [6.45, 7) is 1.99. The lowest BCUT2D eigenvalue weighted by atomic mass is 9.98. The zero-order chi connectivity index (χ0) is 19.4. The summed E-state index contributed by atoms with van der Waals surface area (Å²) >= 11 is 7.42. The standard InChI is InChI=1S/C21H13ClN2O3S/c1-11-2-4-12(5-3-11)17-16-18(25)14-10-13(22)6-7-15(14)27-19(16)20(26)24(17)21-23-8-9-28-21/h2-10,17H,1H3/t17-/m1/s1. The maximum absolute atomic E-state index is 13.4. The molecular formula is C21H13ClN2O3S. The number of fused-ring (bicyclic) bond motifs is 2. The highest BCUT2D eigenvalue weighted by atomic mass is 35.5. The molecule has 7 heteroatoms. The second kappa shape index (κ2) is 6.29. The molecule has 28 heavy (non-hydrogen) atoms. The van der Waals surface area contributed by atoms with Gasteiger partial charge in [-0.3, -0.25) is 14.5 Å². The largest absolute Gasteiger partial charge is 0.450 e. The molecule has 0 saturated carbocycles. The van der Waals surface area contributed by atoms with E-state index >= 15 is 0 Å². The number of carbonyl (C=O) groups is 1. The third kappa shape index (κ3) is 2.49. The number of hydrogen-bond donors (Lipinski definition) is 0. The van der Waals surface area contributed by atoms with E-state index in [1.807, 2.05) is 31.2 Å². The van der Waals surface area contributed by atoms with Crippen LogP contribution in [0.15, 0.2) is 63.3 Å². The lowest BCUT2D eigenvalue weighted by Gasteiger charge is -2.22. The van der Waals surface area contributed by atoms with Crippen LogP contribution in [0.4, 0.5) is 5.13 Å². The lowest BCUT2D eigenvalue weighted by Crippen LogP contribution is -2.29. The fourth-order valence-electron chi connectivity index (χ4n) is 3.54. The molecule has 1 amide bonds. The Morgan fingerprint density at radius 3 is 2.64 bits per heavy atom. The fourth-order valence-corrected chi connectivity index (χ4v) is 4.38. The first-order chi connectivity index (χ1) is 13.5. The number of benzene rings is 2. The van der Waals surface area contributed by atoms with Gasteiger partial charge in [-0.25, -0.2) is 4.98 Å². The van der Waals surface area contributed by atoms with Gasteiger partial charge >= 0.3 is 0 Å². The van der Waals surface area contributed by atoms with Crippen LogP contribution < -0.4 is 10.3 Å². The molecule has 5 nitrogen and oxygen atoms in total. The number of nitrogens with zero attached hydrogens (tertiary/aromatic N) is 2. The average Bonchev–Trinajstić information content (AvgIpc) is 3.30. The van der Waals surface area contributed by atoms with Gasteiger partial charge in [0.15, 0.2) is 10.6 Å². The zero-order valence-corrected chi connectivity index (χ0v) is 16.3. The summed E-state index contributed by atoms with van der Waals surface area (Å²) in [5.74, 6) is -0.315. The molecular weight excluding hydrogens is 396 g/mol. The van der Waals surface area contributed by atoms with Crippen LogP contribution >= 0.6 is 22.9 Å². The van der Waals surface area contributed by atoms with Crippen LogP contribution in [0, 0.1) is 6.92 Å². The summed E-state index contributed by atoms with van der Waals surface area (Å²) in [5, 5.41) is 3.11. The van der Waals surface area contributed by atoms with Gasteiger partial charge in [0.2, 0.25) is 5.76 Å². The highest BCUT2D eigenvalue weighted by Crippen LogP contribution is 2.41. The number of aromatic nitrogens is 1. The first-order valence-corrected chi connectivity index (χ1v) is 9.86. The molecule has 138 valence electrons. The Kier molecular flexibility index (Phi) is 3.86. The van der Waals surface area contributed by atoms with E-state index in [2.05, 4.69) is 4.98 Å². The molecule has 0 N–H and O–H groups in total. The van der Waals surface area contributed by atoms with Gasteiger partial charge in [0.1, 0.15) is 5.58 Å². The average molecular weight is 409 g/mol. The lowest BCUT2D eigenvalue weighted by molar-refractivity contribution is 0.0971. The van der Waals surface area contributed by atoms with E-state index in [9.17, 15) is 9.59 Å². The monoisotopic (exact) mass is 408 g/mol. The van der Waals surface area contributed by atoms with E-state index < -0.39 is 6.04 Å². The van der Waals surface area contributed by atoms with E-state index in [1.54, 1.807) is 29.8 Å². The SMILES string of the molecule is Cc1ccc([C@@H]2c3c(oc4ccc(Cl)cc4c3=O)C(=O)N2c2nccs2)cc1. The van der Waals surface area contributed by atoms with Gasteiger partial charge in [-0.15, -0.1) is 11.3 Å². The van der Waals surface area contributed by atoms with Crippen LogP contribution in [0.5, 0.6) is 0 Å². The molecule has 0 spiro atoms. The highest BCUT2D eigenvalue weighted by Gasteiger charge is 2.44. The van der Waals surface area contributed by atoms with Gasteiger partial charge in [-0.1, -0.05) is 41.4 Å². The predicted molar refractivity (Wildman–Crippen MR) is 109 cm³/mol. The van der Waals surface area contributed by atoms with Crippen LogP contribution in [0.2, 0.25) is 5.02 Å². The maximum Gasteiger partial charge on any atom is 0.297 e. The van der Waals surface area contributed by atoms with Crippen molar-refractivity contribution in [1.82, 2.24) is 4.98 Å². The number of thiazole rings is 1. The van der Waals surface area contributed by atoms with Crippen molar-refractivity contribution in [2.45, 2.75) is 13.0 Å². The second-order valence-electron chi connectivity index (χ2n) is 6.62. The van der Waals surface area contributed by atoms with Crippen molar-refractivity contribution in [3.63, 3.8) is 0 Å². The summed E-state index contributed by atoms with van der Waals surface area (Å²) in [6.07, 6.45) is 1.63. The number of rotatable bonds is 2. The second-order valence-corrected chi connectivity index (χ2v) is 7.93. The topological polar surface area (TPSA) is 63.4 Å². The van der Waals surface area contributed by atoms with Gasteiger partial charge in [0.25, 0.3) is 5.91 Å². The number of anilines is 1. The van der Waals surface area contributed by atoms with Crippen molar-refractivity contribution in [1.29, 1.82) is 0 Å². The zero-order valence-electron chi connectivity index (χ0n) is 14.7. The van der Waals surface area contributed by atoms with Crippen molar-refractivity contribution >= 4 is 44.9 Å². The third-order valence-electron chi connectivity index (χ3n) is 4.85. The Morgan fingerprint density at radius 1 is 1.14 bits per heavy atom. The predicted octanol–water partition coefficient (Wildman–Crippen LogP) is 4.96. The van der Waals surface area contributed by atoms with Gasteiger partial charge < -0.3 is 4.42 Å². The van der Waals surface area contributed by atoms with E-state index in [0.717, 1.165) is 11.1 Å². The molecule has 1 atom stereocenters. The van der Waals surface area contributed by atoms with Crippen molar-refractivity contribution in [2.75, 3.05) is 4.90 Å². The molecule has 0 saturated heterocycles. The van der Waals surface area contributed by atoms with Gasteiger partial charge in [0.05, 0.1) is 17.0 Å². The maximum atomic E-state index is 13.4. The van der Waals surface area contributed by atoms with E-state index in [0.29, 0.717) is 26.7 Å². The molecule has 3 heterocycles. The Labute approximate surface area is 168 Å². The van der Waals surface area contributed by atoms with Crippen molar-refractivity contribution in [3.05, 3.63) is 91.7 Å². The van der Waals surface area contributed by atoms with E-state index in [1.165, 1.54) is 16.2 Å². The third-order valence-corrected chi connectivity index (χ3v) is 5.86. The molecule has 0 unspecified atom stereocenters. The molecule has 2 aromatic carbocycles. The quantitative estimate of drug-likeness (QED) is 0.470. The Balaban J connectivity index is 1.83.